The lowest BCUT2D eigenvalue weighted by Crippen LogP contribution is -2.16. The Morgan fingerprint density at radius 3 is 2.48 bits per heavy atom. The zero-order chi connectivity index (χ0) is 32.3. The van der Waals surface area contributed by atoms with E-state index >= 15 is 0 Å². The Balaban J connectivity index is 1.30. The molecule has 232 valence electrons. The molecule has 3 heterocycles. The van der Waals surface area contributed by atoms with Crippen LogP contribution in [0, 0.1) is 0 Å². The second-order valence-corrected chi connectivity index (χ2v) is 12.6. The number of carbonyl (C=O) groups excluding carboxylic acids is 1. The van der Waals surface area contributed by atoms with Crippen LogP contribution in [0.1, 0.15) is 21.5 Å². The quantitative estimate of drug-likeness (QED) is 0.114. The molecule has 0 bridgehead atoms. The van der Waals surface area contributed by atoms with Crippen LogP contribution in [0.3, 0.4) is 0 Å². The molecule has 6 rings (SSSR count). The van der Waals surface area contributed by atoms with Crippen LogP contribution in [-0.2, 0) is 23.0 Å². The number of aromatic hydroxyl groups is 1. The van der Waals surface area contributed by atoms with Crippen molar-refractivity contribution in [1.82, 2.24) is 24.8 Å². The predicted octanol–water partition coefficient (Wildman–Crippen LogP) is 4.95. The molecule has 11 nitrogen and oxygen atoms in total. The Morgan fingerprint density at radius 2 is 1.74 bits per heavy atom. The number of hydrogen-bond acceptors (Lipinski definition) is 9. The first-order valence-corrected chi connectivity index (χ1v) is 16.3. The zero-order valence-corrected chi connectivity index (χ0v) is 25.7. The van der Waals surface area contributed by atoms with E-state index in [0.29, 0.717) is 65.5 Å². The van der Waals surface area contributed by atoms with Crippen LogP contribution in [0.15, 0.2) is 97.2 Å². The van der Waals surface area contributed by atoms with Crippen molar-refractivity contribution in [2.45, 2.75) is 13.0 Å². The van der Waals surface area contributed by atoms with Crippen molar-refractivity contribution in [3.63, 3.8) is 0 Å². The van der Waals surface area contributed by atoms with Gasteiger partial charge < -0.3 is 16.2 Å². The van der Waals surface area contributed by atoms with Crippen LogP contribution in [0.25, 0.3) is 39.5 Å². The average Bonchev–Trinajstić information content (AvgIpc) is 3.41. The number of aldehydes is 1. The van der Waals surface area contributed by atoms with Crippen molar-refractivity contribution in [1.29, 1.82) is 0 Å². The van der Waals surface area contributed by atoms with E-state index in [2.05, 4.69) is 15.0 Å². The van der Waals surface area contributed by atoms with Crippen LogP contribution >= 0.6 is 0 Å². The number of nitrogens with one attached hydrogen (secondary N) is 2. The molecule has 0 saturated carbocycles. The molecule has 0 aliphatic heterocycles. The Morgan fingerprint density at radius 1 is 0.935 bits per heavy atom. The lowest BCUT2D eigenvalue weighted by molar-refractivity contribution is 0.112. The molecule has 0 saturated heterocycles. The minimum atomic E-state index is -3.44. The van der Waals surface area contributed by atoms with Gasteiger partial charge in [0.25, 0.3) is 0 Å². The number of pyridine rings is 2. The van der Waals surface area contributed by atoms with Gasteiger partial charge in [-0.15, -0.1) is 0 Å². The van der Waals surface area contributed by atoms with Gasteiger partial charge in [-0.05, 0) is 84.8 Å². The van der Waals surface area contributed by atoms with Gasteiger partial charge in [0.15, 0.2) is 17.8 Å². The minimum absolute atomic E-state index is 0.0124. The molecule has 5 N–H and O–H groups in total. The zero-order valence-electron chi connectivity index (χ0n) is 24.9. The Hall–Kier alpha value is -5.59. The second-order valence-electron chi connectivity index (χ2n) is 10.8. The van der Waals surface area contributed by atoms with Crippen molar-refractivity contribution >= 4 is 39.0 Å². The first kappa shape index (κ1) is 30.4. The smallest absolute Gasteiger partial charge is 0.229 e. The Labute approximate surface area is 265 Å². The van der Waals surface area contributed by atoms with E-state index in [1.807, 2.05) is 59.2 Å². The summed E-state index contributed by atoms with van der Waals surface area (Å²) < 4.78 is 28.1. The third-order valence-electron chi connectivity index (χ3n) is 7.38. The summed E-state index contributed by atoms with van der Waals surface area (Å²) in [6.07, 6.45) is 4.07. The fourth-order valence-electron chi connectivity index (χ4n) is 5.18. The summed E-state index contributed by atoms with van der Waals surface area (Å²) in [7, 11) is -3.44. The molecule has 0 fully saturated rings. The summed E-state index contributed by atoms with van der Waals surface area (Å²) in [4.78, 5) is 25.1. The molecule has 46 heavy (non-hydrogen) atoms. The summed E-state index contributed by atoms with van der Waals surface area (Å²) in [6.45, 7) is 1.32. The van der Waals surface area contributed by atoms with Crippen molar-refractivity contribution in [2.24, 2.45) is 0 Å². The normalized spacial score (nSPS) is 11.5. The number of imidazole rings is 1. The van der Waals surface area contributed by atoms with Gasteiger partial charge in [-0.2, -0.15) is 0 Å². The maximum Gasteiger partial charge on any atom is 0.229 e. The van der Waals surface area contributed by atoms with Gasteiger partial charge in [0.1, 0.15) is 17.1 Å². The average molecular weight is 634 g/mol. The number of nitrogen functional groups attached to an aromatic ring is 1. The lowest BCUT2D eigenvalue weighted by atomic mass is 10.1. The maximum atomic E-state index is 11.8. The van der Waals surface area contributed by atoms with Crippen LogP contribution < -0.4 is 15.8 Å². The number of nitrogens with zero attached hydrogens (tertiary/aromatic N) is 4. The third kappa shape index (κ3) is 6.72. The molecule has 0 aliphatic carbocycles. The highest BCUT2D eigenvalue weighted by molar-refractivity contribution is 7.92. The Bertz CT molecular complexity index is 2160. The SMILES string of the molecule is CS(=O)(=O)Nc1cccc(-c2ccc3nc(-c4cccnc4N)n(-c4ccc(CNCCc5ccc(C=O)c(O)c5)cc4)c3n2)c1. The first-order chi connectivity index (χ1) is 22.2. The number of rotatable bonds is 11. The predicted molar refractivity (Wildman–Crippen MR) is 179 cm³/mol. The number of anilines is 2. The number of benzene rings is 3. The topological polar surface area (TPSA) is 165 Å². The minimum Gasteiger partial charge on any atom is -0.507 e. The number of phenols is 1. The van der Waals surface area contributed by atoms with Gasteiger partial charge in [0.2, 0.25) is 10.0 Å². The molecular formula is C34H31N7O4S. The van der Waals surface area contributed by atoms with Gasteiger partial charge >= 0.3 is 0 Å². The van der Waals surface area contributed by atoms with Crippen molar-refractivity contribution < 1.29 is 18.3 Å². The van der Waals surface area contributed by atoms with E-state index in [-0.39, 0.29) is 11.3 Å². The fourth-order valence-corrected chi connectivity index (χ4v) is 5.73. The summed E-state index contributed by atoms with van der Waals surface area (Å²) in [6, 6.07) is 27.6. The van der Waals surface area contributed by atoms with E-state index in [1.54, 1.807) is 42.6 Å². The van der Waals surface area contributed by atoms with E-state index in [1.165, 1.54) is 0 Å². The molecule has 0 atom stereocenters. The monoisotopic (exact) mass is 633 g/mol. The number of hydrogen-bond donors (Lipinski definition) is 4. The highest BCUT2D eigenvalue weighted by atomic mass is 32.2. The maximum absolute atomic E-state index is 11.8. The molecule has 3 aromatic heterocycles. The molecule has 0 unspecified atom stereocenters. The van der Waals surface area contributed by atoms with Crippen molar-refractivity contribution in [2.75, 3.05) is 23.3 Å². The number of fused-ring (bicyclic) bond motifs is 1. The van der Waals surface area contributed by atoms with Crippen LogP contribution in [0.4, 0.5) is 11.5 Å². The first-order valence-electron chi connectivity index (χ1n) is 14.4. The third-order valence-corrected chi connectivity index (χ3v) is 7.99. The molecule has 3 aromatic carbocycles. The number of phenolic OH excluding ortho intramolecular Hbond substituents is 1. The number of nitrogens with two attached hydrogens (primary N) is 1. The summed E-state index contributed by atoms with van der Waals surface area (Å²) in [5, 5.41) is 13.3. The van der Waals surface area contributed by atoms with Crippen molar-refractivity contribution in [3.05, 3.63) is 114 Å². The van der Waals surface area contributed by atoms with Gasteiger partial charge in [-0.1, -0.05) is 30.3 Å². The van der Waals surface area contributed by atoms with E-state index in [9.17, 15) is 18.3 Å². The van der Waals surface area contributed by atoms with Crippen molar-refractivity contribution in [3.8, 4) is 34.1 Å². The second kappa shape index (κ2) is 12.8. The molecule has 0 amide bonds. The molecule has 0 spiro atoms. The molecule has 12 heteroatoms. The standard InChI is InChI=1S/C34H31N7O4S/c1-46(44,45)40-26-5-2-4-24(19-26)29-13-14-30-34(38-29)41(33(39-30)28-6-3-16-37-32(28)35)27-11-8-23(9-12-27)20-36-17-15-22-7-10-25(21-42)31(43)18-22/h2-14,16,18-19,21,36,40,43H,15,17,20H2,1H3,(H2,35,37). The van der Waals surface area contributed by atoms with Gasteiger partial charge in [0, 0.05) is 29.7 Å². The summed E-state index contributed by atoms with van der Waals surface area (Å²) in [5.74, 6) is 0.919. The highest BCUT2D eigenvalue weighted by Crippen LogP contribution is 2.32. The van der Waals surface area contributed by atoms with E-state index in [0.717, 1.165) is 28.6 Å². The van der Waals surface area contributed by atoms with Crippen LogP contribution in [0.2, 0.25) is 0 Å². The number of sulfonamides is 1. The largest absolute Gasteiger partial charge is 0.507 e. The highest BCUT2D eigenvalue weighted by Gasteiger charge is 2.19. The molecular weight excluding hydrogens is 602 g/mol. The van der Waals surface area contributed by atoms with Gasteiger partial charge in [-0.3, -0.25) is 14.1 Å². The lowest BCUT2D eigenvalue weighted by Gasteiger charge is -2.12. The van der Waals surface area contributed by atoms with E-state index in [4.69, 9.17) is 15.7 Å². The van der Waals surface area contributed by atoms with E-state index < -0.39 is 10.0 Å². The fraction of sp³-hybridized carbons (Fsp3) is 0.118. The number of aromatic nitrogens is 4. The molecule has 0 aliphatic rings. The van der Waals surface area contributed by atoms with Crippen LogP contribution in [0.5, 0.6) is 5.75 Å². The molecule has 6 aromatic rings. The number of carbonyl (C=O) groups is 1. The van der Waals surface area contributed by atoms with Gasteiger partial charge in [0.05, 0.1) is 23.1 Å². The summed E-state index contributed by atoms with van der Waals surface area (Å²) >= 11 is 0. The van der Waals surface area contributed by atoms with Gasteiger partial charge in [-0.25, -0.2) is 23.4 Å². The summed E-state index contributed by atoms with van der Waals surface area (Å²) in [5.41, 5.74) is 13.1. The Kier molecular flexibility index (Phi) is 8.47. The molecule has 0 radical (unpaired) electrons. The van der Waals surface area contributed by atoms with Crippen LogP contribution in [-0.4, -0.2) is 52.1 Å².